The van der Waals surface area contributed by atoms with E-state index in [0.29, 0.717) is 0 Å². The predicted octanol–water partition coefficient (Wildman–Crippen LogP) is 3.74. The number of rotatable bonds is 4. The number of hydrogen-bond donors (Lipinski definition) is 1. The van der Waals surface area contributed by atoms with Crippen LogP contribution in [0.25, 0.3) is 0 Å². The Labute approximate surface area is 117 Å². The second-order valence-corrected chi connectivity index (χ2v) is 11.1. The highest BCUT2D eigenvalue weighted by Gasteiger charge is 2.40. The quantitative estimate of drug-likeness (QED) is 0.670. The highest BCUT2D eigenvalue weighted by molar-refractivity contribution is 6.74. The highest BCUT2D eigenvalue weighted by atomic mass is 28.4. The van der Waals surface area contributed by atoms with Gasteiger partial charge < -0.3 is 9.53 Å². The molecule has 104 valence electrons. The minimum Gasteiger partial charge on any atom is -0.406 e. The van der Waals surface area contributed by atoms with Gasteiger partial charge in [0, 0.05) is 0 Å². The van der Waals surface area contributed by atoms with Crippen molar-refractivity contribution in [2.75, 3.05) is 0 Å². The van der Waals surface area contributed by atoms with Crippen LogP contribution >= 0.6 is 0 Å². The van der Waals surface area contributed by atoms with Crippen LogP contribution in [-0.2, 0) is 4.43 Å². The molecule has 0 aromatic heterocycles. The maximum Gasteiger partial charge on any atom is 0.193 e. The molecule has 0 heterocycles. The number of benzene rings is 1. The second-order valence-electron chi connectivity index (χ2n) is 6.32. The van der Waals surface area contributed by atoms with Crippen LogP contribution in [0.2, 0.25) is 18.1 Å². The van der Waals surface area contributed by atoms with E-state index in [-0.39, 0.29) is 5.04 Å². The van der Waals surface area contributed by atoms with Crippen molar-refractivity contribution in [3.8, 4) is 12.3 Å². The summed E-state index contributed by atoms with van der Waals surface area (Å²) >= 11 is 0. The van der Waals surface area contributed by atoms with Crippen LogP contribution in [0.5, 0.6) is 0 Å². The van der Waals surface area contributed by atoms with E-state index < -0.39 is 20.5 Å². The molecule has 19 heavy (non-hydrogen) atoms. The molecule has 2 nitrogen and oxygen atoms in total. The average Bonchev–Trinajstić information content (AvgIpc) is 2.35. The molecule has 3 heteroatoms. The van der Waals surface area contributed by atoms with E-state index in [4.69, 9.17) is 10.8 Å². The molecule has 0 aliphatic carbocycles. The van der Waals surface area contributed by atoms with Gasteiger partial charge in [-0.05, 0) is 23.7 Å². The highest BCUT2D eigenvalue weighted by Crippen LogP contribution is 2.40. The van der Waals surface area contributed by atoms with E-state index in [2.05, 4.69) is 39.8 Å². The maximum absolute atomic E-state index is 10.1. The van der Waals surface area contributed by atoms with E-state index >= 15 is 0 Å². The number of aliphatic hydroxyl groups is 1. The fourth-order valence-corrected chi connectivity index (χ4v) is 2.79. The molecule has 1 rings (SSSR count). The van der Waals surface area contributed by atoms with Gasteiger partial charge in [0.1, 0.15) is 12.2 Å². The summed E-state index contributed by atoms with van der Waals surface area (Å²) in [6.07, 6.45) is 4.00. The Bertz CT molecular complexity index is 440. The number of terminal acetylenes is 1. The summed E-state index contributed by atoms with van der Waals surface area (Å²) in [6, 6.07) is 9.69. The van der Waals surface area contributed by atoms with Crippen molar-refractivity contribution in [1.29, 1.82) is 0 Å². The molecule has 1 N–H and O–H groups in total. The molecule has 0 aliphatic rings. The second kappa shape index (κ2) is 5.92. The zero-order valence-corrected chi connectivity index (χ0v) is 13.5. The van der Waals surface area contributed by atoms with Crippen LogP contribution in [-0.4, -0.2) is 19.5 Å². The van der Waals surface area contributed by atoms with Gasteiger partial charge in [-0.1, -0.05) is 57.0 Å². The third-order valence-electron chi connectivity index (χ3n) is 3.81. The van der Waals surface area contributed by atoms with Crippen molar-refractivity contribution >= 4 is 8.32 Å². The van der Waals surface area contributed by atoms with Gasteiger partial charge in [-0.15, -0.1) is 6.42 Å². The molecule has 0 amide bonds. The lowest BCUT2D eigenvalue weighted by molar-refractivity contribution is 0.0622. The van der Waals surface area contributed by atoms with E-state index in [1.165, 1.54) is 0 Å². The smallest absolute Gasteiger partial charge is 0.193 e. The minimum absolute atomic E-state index is 0.0777. The lowest BCUT2D eigenvalue weighted by atomic mass is 10.1. The van der Waals surface area contributed by atoms with Gasteiger partial charge in [0.2, 0.25) is 0 Å². The molecule has 0 unspecified atom stereocenters. The Morgan fingerprint density at radius 3 is 2.16 bits per heavy atom. The molecule has 0 saturated carbocycles. The molecule has 0 spiro atoms. The zero-order chi connectivity index (χ0) is 14.7. The van der Waals surface area contributed by atoms with Gasteiger partial charge >= 0.3 is 0 Å². The largest absolute Gasteiger partial charge is 0.406 e. The van der Waals surface area contributed by atoms with Gasteiger partial charge in [0.05, 0.1) is 0 Å². The van der Waals surface area contributed by atoms with Crippen molar-refractivity contribution in [2.45, 2.75) is 51.1 Å². The van der Waals surface area contributed by atoms with Gasteiger partial charge in [-0.2, -0.15) is 0 Å². The first kappa shape index (κ1) is 16.0. The van der Waals surface area contributed by atoms with Gasteiger partial charge in [-0.25, -0.2) is 0 Å². The van der Waals surface area contributed by atoms with Crippen LogP contribution in [0.15, 0.2) is 30.3 Å². The summed E-state index contributed by atoms with van der Waals surface area (Å²) in [7, 11) is -1.99. The van der Waals surface area contributed by atoms with Gasteiger partial charge in [-0.3, -0.25) is 0 Å². The molecular formula is C16H24O2Si. The molecule has 1 aromatic rings. The summed E-state index contributed by atoms with van der Waals surface area (Å²) < 4.78 is 6.29. The molecule has 0 aliphatic heterocycles. The lowest BCUT2D eigenvalue weighted by Crippen LogP contribution is -2.43. The van der Waals surface area contributed by atoms with Crippen LogP contribution in [0, 0.1) is 12.3 Å². The predicted molar refractivity (Wildman–Crippen MR) is 82.3 cm³/mol. The maximum atomic E-state index is 10.1. The van der Waals surface area contributed by atoms with Crippen molar-refractivity contribution < 1.29 is 9.53 Å². The normalized spacial score (nSPS) is 15.6. The van der Waals surface area contributed by atoms with Crippen molar-refractivity contribution in [3.05, 3.63) is 35.9 Å². The third-order valence-corrected chi connectivity index (χ3v) is 8.27. The first-order valence-electron chi connectivity index (χ1n) is 6.56. The van der Waals surface area contributed by atoms with E-state index in [1.54, 1.807) is 0 Å². The zero-order valence-electron chi connectivity index (χ0n) is 12.5. The molecule has 0 fully saturated rings. The molecule has 0 radical (unpaired) electrons. The molecular weight excluding hydrogens is 252 g/mol. The first-order valence-corrected chi connectivity index (χ1v) is 9.47. The van der Waals surface area contributed by atoms with Crippen molar-refractivity contribution in [2.24, 2.45) is 0 Å². The van der Waals surface area contributed by atoms with E-state index in [1.807, 2.05) is 30.3 Å². The standard InChI is InChI=1S/C16H24O2Si/c1-7-14(17)15(13-11-9-8-10-12-13)18-19(5,6)16(2,3)4/h1,8-12,14-15,17H,2-6H3/t14-,15+/m1/s1. The Kier molecular flexibility index (Phi) is 4.97. The topological polar surface area (TPSA) is 29.5 Å². The van der Waals surface area contributed by atoms with Gasteiger partial charge in [0.15, 0.2) is 8.32 Å². The number of hydrogen-bond acceptors (Lipinski definition) is 2. The van der Waals surface area contributed by atoms with Crippen molar-refractivity contribution in [1.82, 2.24) is 0 Å². The Morgan fingerprint density at radius 2 is 1.74 bits per heavy atom. The fourth-order valence-electron chi connectivity index (χ4n) is 1.54. The Morgan fingerprint density at radius 1 is 1.21 bits per heavy atom. The summed E-state index contributed by atoms with van der Waals surface area (Å²) in [5.74, 6) is 2.39. The molecule has 2 atom stereocenters. The first-order chi connectivity index (χ1) is 8.69. The summed E-state index contributed by atoms with van der Waals surface area (Å²) in [5, 5.41) is 10.1. The van der Waals surface area contributed by atoms with Crippen LogP contribution in [0.3, 0.4) is 0 Å². The van der Waals surface area contributed by atoms with E-state index in [9.17, 15) is 5.11 Å². The minimum atomic E-state index is -1.99. The average molecular weight is 276 g/mol. The summed E-state index contributed by atoms with van der Waals surface area (Å²) in [4.78, 5) is 0. The summed E-state index contributed by atoms with van der Waals surface area (Å²) in [5.41, 5.74) is 0.928. The Hall–Kier alpha value is -1.08. The van der Waals surface area contributed by atoms with Crippen LogP contribution in [0.4, 0.5) is 0 Å². The number of aliphatic hydroxyl groups excluding tert-OH is 1. The van der Waals surface area contributed by atoms with E-state index in [0.717, 1.165) is 5.56 Å². The fraction of sp³-hybridized carbons (Fsp3) is 0.500. The molecule has 1 aromatic carbocycles. The third kappa shape index (κ3) is 3.94. The SMILES string of the molecule is C#C[C@@H](O)[C@@H](O[Si](C)(C)C(C)(C)C)c1ccccc1. The lowest BCUT2D eigenvalue weighted by Gasteiger charge is -2.40. The molecule has 0 bridgehead atoms. The van der Waals surface area contributed by atoms with Crippen LogP contribution in [0.1, 0.15) is 32.4 Å². The molecule has 0 saturated heterocycles. The monoisotopic (exact) mass is 276 g/mol. The van der Waals surface area contributed by atoms with Crippen molar-refractivity contribution in [3.63, 3.8) is 0 Å². The Balaban J connectivity index is 3.05. The van der Waals surface area contributed by atoms with Gasteiger partial charge in [0.25, 0.3) is 0 Å². The summed E-state index contributed by atoms with van der Waals surface area (Å²) in [6.45, 7) is 10.8. The van der Waals surface area contributed by atoms with Crippen LogP contribution < -0.4 is 0 Å².